The van der Waals surface area contributed by atoms with Gasteiger partial charge < -0.3 is 4.90 Å². The fourth-order valence-corrected chi connectivity index (χ4v) is 9.79. The SMILES string of the molecule is CC1(C)c2ccccc2-c2ccc(N(c3ccc(-c4ccc5ccccc5c4-c4ccc(C5=CC=CCC5)cc4)cc3)c3cc4ccccc4c4ccccc34)cc21. The molecule has 0 amide bonds. The van der Waals surface area contributed by atoms with Gasteiger partial charge >= 0.3 is 0 Å². The molecule has 276 valence electrons. The van der Waals surface area contributed by atoms with E-state index in [2.05, 4.69) is 219 Å². The molecule has 0 atom stereocenters. The van der Waals surface area contributed by atoms with Crippen molar-refractivity contribution in [1.82, 2.24) is 0 Å². The summed E-state index contributed by atoms with van der Waals surface area (Å²) < 4.78 is 0. The summed E-state index contributed by atoms with van der Waals surface area (Å²) in [5, 5.41) is 7.50. The summed E-state index contributed by atoms with van der Waals surface area (Å²) in [6, 6.07) is 67.9. The first-order valence-electron chi connectivity index (χ1n) is 20.6. The van der Waals surface area contributed by atoms with Gasteiger partial charge in [-0.15, -0.1) is 0 Å². The van der Waals surface area contributed by atoms with E-state index >= 15 is 0 Å². The summed E-state index contributed by atoms with van der Waals surface area (Å²) >= 11 is 0. The Hall–Kier alpha value is -6.96. The average molecular weight is 742 g/mol. The van der Waals surface area contributed by atoms with Crippen LogP contribution in [0.4, 0.5) is 17.1 Å². The Bertz CT molecular complexity index is 3120. The normalized spacial score (nSPS) is 14.1. The number of hydrogen-bond donors (Lipinski definition) is 0. The maximum Gasteiger partial charge on any atom is 0.0546 e. The van der Waals surface area contributed by atoms with E-state index in [0.29, 0.717) is 0 Å². The summed E-state index contributed by atoms with van der Waals surface area (Å²) in [6.45, 7) is 4.73. The molecule has 11 rings (SSSR count). The van der Waals surface area contributed by atoms with Gasteiger partial charge in [0.1, 0.15) is 0 Å². The van der Waals surface area contributed by atoms with Crippen LogP contribution in [-0.4, -0.2) is 0 Å². The van der Waals surface area contributed by atoms with Gasteiger partial charge in [0.25, 0.3) is 0 Å². The molecule has 0 N–H and O–H groups in total. The average Bonchev–Trinajstić information content (AvgIpc) is 3.52. The predicted molar refractivity (Wildman–Crippen MR) is 248 cm³/mol. The van der Waals surface area contributed by atoms with Gasteiger partial charge in [0, 0.05) is 22.2 Å². The van der Waals surface area contributed by atoms with Gasteiger partial charge in [-0.3, -0.25) is 0 Å². The Morgan fingerprint density at radius 1 is 0.448 bits per heavy atom. The van der Waals surface area contributed by atoms with Crippen LogP contribution in [-0.2, 0) is 5.41 Å². The van der Waals surface area contributed by atoms with Gasteiger partial charge in [-0.1, -0.05) is 184 Å². The second-order valence-corrected chi connectivity index (χ2v) is 16.4. The minimum atomic E-state index is -0.113. The molecule has 0 saturated carbocycles. The number of anilines is 3. The molecule has 0 unspecified atom stereocenters. The maximum absolute atomic E-state index is 2.48. The van der Waals surface area contributed by atoms with Crippen LogP contribution < -0.4 is 4.90 Å². The molecule has 9 aromatic rings. The van der Waals surface area contributed by atoms with Crippen LogP contribution in [0.15, 0.2) is 200 Å². The first kappa shape index (κ1) is 34.3. The molecule has 1 heteroatoms. The van der Waals surface area contributed by atoms with E-state index in [4.69, 9.17) is 0 Å². The molecular formula is C57H43N. The predicted octanol–water partition coefficient (Wildman–Crippen LogP) is 16.0. The van der Waals surface area contributed by atoms with Crippen LogP contribution in [0.5, 0.6) is 0 Å². The standard InChI is InChI=1S/C57H43N/c1-57(2)53-23-13-12-21-50(53)51-35-33-45(37-54(51)57)58(55-36-43-17-7-8-18-46(43)49-20-10-11-22-52(49)55)44-31-28-41(29-32-44)48-34-30-40-16-6-9-19-47(40)56(48)42-26-24-39(25-27-42)38-14-4-3-5-15-38/h3-4,6-14,16-37H,5,15H2,1-2H3. The molecule has 0 aromatic heterocycles. The zero-order valence-electron chi connectivity index (χ0n) is 32.9. The van der Waals surface area contributed by atoms with Gasteiger partial charge in [-0.25, -0.2) is 0 Å². The lowest BCUT2D eigenvalue weighted by Crippen LogP contribution is -2.16. The van der Waals surface area contributed by atoms with Gasteiger partial charge in [-0.05, 0) is 126 Å². The lowest BCUT2D eigenvalue weighted by atomic mass is 9.82. The molecule has 0 bridgehead atoms. The summed E-state index contributed by atoms with van der Waals surface area (Å²) in [5.41, 5.74) is 16.4. The lowest BCUT2D eigenvalue weighted by molar-refractivity contribution is 0.660. The van der Waals surface area contributed by atoms with Gasteiger partial charge in [0.15, 0.2) is 0 Å². The van der Waals surface area contributed by atoms with Crippen molar-refractivity contribution in [3.8, 4) is 33.4 Å². The molecular weight excluding hydrogens is 699 g/mol. The van der Waals surface area contributed by atoms with Crippen molar-refractivity contribution in [2.24, 2.45) is 0 Å². The van der Waals surface area contributed by atoms with Gasteiger partial charge in [-0.2, -0.15) is 0 Å². The van der Waals surface area contributed by atoms with Gasteiger partial charge in [0.05, 0.1) is 5.69 Å². The van der Waals surface area contributed by atoms with Crippen molar-refractivity contribution < 1.29 is 0 Å². The molecule has 0 heterocycles. The Labute approximate surface area is 340 Å². The molecule has 2 aliphatic rings. The zero-order valence-corrected chi connectivity index (χ0v) is 32.9. The van der Waals surface area contributed by atoms with Crippen LogP contribution in [0.1, 0.15) is 43.4 Å². The molecule has 0 fully saturated rings. The second-order valence-electron chi connectivity index (χ2n) is 16.4. The number of hydrogen-bond acceptors (Lipinski definition) is 1. The minimum Gasteiger partial charge on any atom is -0.310 e. The summed E-state index contributed by atoms with van der Waals surface area (Å²) in [4.78, 5) is 2.48. The molecule has 2 aliphatic carbocycles. The van der Waals surface area contributed by atoms with E-state index in [9.17, 15) is 0 Å². The first-order valence-corrected chi connectivity index (χ1v) is 20.6. The number of benzene rings is 9. The van der Waals surface area contributed by atoms with Gasteiger partial charge in [0.2, 0.25) is 0 Å². The van der Waals surface area contributed by atoms with Crippen molar-refractivity contribution in [2.75, 3.05) is 4.90 Å². The molecule has 58 heavy (non-hydrogen) atoms. The van der Waals surface area contributed by atoms with Crippen molar-refractivity contribution in [3.63, 3.8) is 0 Å². The third kappa shape index (κ3) is 5.53. The number of fused-ring (bicyclic) bond motifs is 7. The second kappa shape index (κ2) is 13.6. The lowest BCUT2D eigenvalue weighted by Gasteiger charge is -2.29. The van der Waals surface area contributed by atoms with Crippen molar-refractivity contribution in [1.29, 1.82) is 0 Å². The van der Waals surface area contributed by atoms with Crippen LogP contribution in [0.2, 0.25) is 0 Å². The highest BCUT2D eigenvalue weighted by atomic mass is 15.1. The highest BCUT2D eigenvalue weighted by Crippen LogP contribution is 2.51. The smallest absolute Gasteiger partial charge is 0.0546 e. The molecule has 9 aromatic carbocycles. The van der Waals surface area contributed by atoms with E-state index in [0.717, 1.165) is 24.2 Å². The van der Waals surface area contributed by atoms with E-state index in [1.54, 1.807) is 0 Å². The zero-order chi connectivity index (χ0) is 38.8. The van der Waals surface area contributed by atoms with E-state index in [1.165, 1.54) is 93.6 Å². The van der Waals surface area contributed by atoms with Crippen LogP contribution in [0.3, 0.4) is 0 Å². The van der Waals surface area contributed by atoms with Crippen molar-refractivity contribution in [2.45, 2.75) is 32.1 Å². The molecule has 0 spiro atoms. The van der Waals surface area contributed by atoms with E-state index < -0.39 is 0 Å². The monoisotopic (exact) mass is 741 g/mol. The summed E-state index contributed by atoms with van der Waals surface area (Å²) in [7, 11) is 0. The Kier molecular flexibility index (Phi) is 8.05. The fraction of sp³-hybridized carbons (Fsp3) is 0.0877. The third-order valence-corrected chi connectivity index (χ3v) is 12.7. The van der Waals surface area contributed by atoms with E-state index in [1.807, 2.05) is 0 Å². The Morgan fingerprint density at radius 2 is 1.07 bits per heavy atom. The number of rotatable bonds is 6. The number of allylic oxidation sites excluding steroid dienone is 4. The fourth-order valence-electron chi connectivity index (χ4n) is 9.79. The highest BCUT2D eigenvalue weighted by molar-refractivity contribution is 6.14. The molecule has 1 nitrogen and oxygen atoms in total. The first-order chi connectivity index (χ1) is 28.5. The highest BCUT2D eigenvalue weighted by Gasteiger charge is 2.36. The summed E-state index contributed by atoms with van der Waals surface area (Å²) in [5.74, 6) is 0. The van der Waals surface area contributed by atoms with Crippen LogP contribution >= 0.6 is 0 Å². The quantitative estimate of drug-likeness (QED) is 0.153. The third-order valence-electron chi connectivity index (χ3n) is 12.7. The number of nitrogens with zero attached hydrogens (tertiary/aromatic N) is 1. The van der Waals surface area contributed by atoms with Crippen LogP contribution in [0.25, 0.3) is 71.3 Å². The summed E-state index contributed by atoms with van der Waals surface area (Å²) in [6.07, 6.45) is 8.89. The molecule has 0 saturated heterocycles. The van der Waals surface area contributed by atoms with Crippen molar-refractivity contribution >= 4 is 55.0 Å². The Balaban J connectivity index is 1.08. The maximum atomic E-state index is 2.48. The molecule has 0 radical (unpaired) electrons. The Morgan fingerprint density at radius 3 is 1.86 bits per heavy atom. The van der Waals surface area contributed by atoms with E-state index in [-0.39, 0.29) is 5.41 Å². The minimum absolute atomic E-state index is 0.113. The topological polar surface area (TPSA) is 3.24 Å². The van der Waals surface area contributed by atoms with Crippen molar-refractivity contribution in [3.05, 3.63) is 217 Å². The largest absolute Gasteiger partial charge is 0.310 e. The molecule has 0 aliphatic heterocycles. The van der Waals surface area contributed by atoms with Crippen LogP contribution in [0, 0.1) is 0 Å².